The zero-order valence-electron chi connectivity index (χ0n) is 9.66. The van der Waals surface area contributed by atoms with E-state index in [9.17, 15) is 0 Å². The first-order chi connectivity index (χ1) is 8.15. The molecule has 0 aliphatic heterocycles. The van der Waals surface area contributed by atoms with Gasteiger partial charge in [0.25, 0.3) is 0 Å². The van der Waals surface area contributed by atoms with Crippen LogP contribution >= 0.6 is 27.3 Å². The molecule has 3 N–H and O–H groups in total. The van der Waals surface area contributed by atoms with Gasteiger partial charge in [0.1, 0.15) is 0 Å². The Hall–Kier alpha value is -1.000. The Morgan fingerprint density at radius 2 is 2.12 bits per heavy atom. The summed E-state index contributed by atoms with van der Waals surface area (Å²) >= 11 is 5.26. The SMILES string of the molecule is Cc1cc(N)ccc1NCCc1ccc(Br)s1. The summed E-state index contributed by atoms with van der Waals surface area (Å²) in [6.45, 7) is 3.01. The van der Waals surface area contributed by atoms with Crippen molar-refractivity contribution >= 4 is 38.6 Å². The predicted octanol–water partition coefficient (Wildman–Crippen LogP) is 4.06. The van der Waals surface area contributed by atoms with Crippen LogP contribution in [-0.2, 0) is 6.42 Å². The molecule has 2 aromatic rings. The monoisotopic (exact) mass is 310 g/mol. The zero-order valence-corrected chi connectivity index (χ0v) is 12.1. The summed E-state index contributed by atoms with van der Waals surface area (Å²) in [6, 6.07) is 10.2. The van der Waals surface area contributed by atoms with Gasteiger partial charge in [-0.2, -0.15) is 0 Å². The van der Waals surface area contributed by atoms with Crippen LogP contribution in [0.1, 0.15) is 10.4 Å². The Kier molecular flexibility index (Phi) is 4.07. The Morgan fingerprint density at radius 3 is 2.76 bits per heavy atom. The number of nitrogens with two attached hydrogens (primary N) is 1. The molecule has 0 saturated heterocycles. The summed E-state index contributed by atoms with van der Waals surface area (Å²) in [5, 5.41) is 3.43. The largest absolute Gasteiger partial charge is 0.399 e. The summed E-state index contributed by atoms with van der Waals surface area (Å²) in [7, 11) is 0. The lowest BCUT2D eigenvalue weighted by Gasteiger charge is -2.09. The van der Waals surface area contributed by atoms with Crippen molar-refractivity contribution in [1.29, 1.82) is 0 Å². The topological polar surface area (TPSA) is 38.0 Å². The van der Waals surface area contributed by atoms with Crippen LogP contribution in [0.5, 0.6) is 0 Å². The summed E-state index contributed by atoms with van der Waals surface area (Å²) < 4.78 is 1.19. The highest BCUT2D eigenvalue weighted by atomic mass is 79.9. The second-order valence-corrected chi connectivity index (χ2v) is 6.50. The molecule has 0 bridgehead atoms. The minimum absolute atomic E-state index is 0.815. The van der Waals surface area contributed by atoms with E-state index < -0.39 is 0 Å². The van der Waals surface area contributed by atoms with Crippen molar-refractivity contribution in [3.63, 3.8) is 0 Å². The van der Waals surface area contributed by atoms with Gasteiger partial charge in [0.15, 0.2) is 0 Å². The molecule has 0 fully saturated rings. The lowest BCUT2D eigenvalue weighted by atomic mass is 10.2. The third-order valence-electron chi connectivity index (χ3n) is 2.57. The standard InChI is InChI=1S/C13H15BrN2S/c1-9-8-10(15)2-4-12(9)16-7-6-11-3-5-13(14)17-11/h2-5,8,16H,6-7,15H2,1H3. The van der Waals surface area contributed by atoms with E-state index in [0.717, 1.165) is 24.3 Å². The highest BCUT2D eigenvalue weighted by Gasteiger charge is 2.00. The molecule has 17 heavy (non-hydrogen) atoms. The number of benzene rings is 1. The van der Waals surface area contributed by atoms with Crippen molar-refractivity contribution in [3.8, 4) is 0 Å². The van der Waals surface area contributed by atoms with Crippen molar-refractivity contribution in [2.75, 3.05) is 17.6 Å². The number of hydrogen-bond acceptors (Lipinski definition) is 3. The fraction of sp³-hybridized carbons (Fsp3) is 0.231. The predicted molar refractivity (Wildman–Crippen MR) is 79.8 cm³/mol. The van der Waals surface area contributed by atoms with E-state index in [1.54, 1.807) is 11.3 Å². The molecular formula is C13H15BrN2S. The fourth-order valence-electron chi connectivity index (χ4n) is 1.69. The molecule has 0 unspecified atom stereocenters. The normalized spacial score (nSPS) is 10.5. The van der Waals surface area contributed by atoms with E-state index in [0.29, 0.717) is 0 Å². The highest BCUT2D eigenvalue weighted by Crippen LogP contribution is 2.23. The minimum atomic E-state index is 0.815. The van der Waals surface area contributed by atoms with E-state index in [4.69, 9.17) is 5.73 Å². The molecule has 0 radical (unpaired) electrons. The summed E-state index contributed by atoms with van der Waals surface area (Å²) in [5.41, 5.74) is 8.89. The van der Waals surface area contributed by atoms with E-state index in [2.05, 4.69) is 40.3 Å². The quantitative estimate of drug-likeness (QED) is 0.836. The molecule has 0 atom stereocenters. The maximum atomic E-state index is 5.72. The molecule has 0 saturated carbocycles. The molecule has 0 aliphatic carbocycles. The first-order valence-corrected chi connectivity index (χ1v) is 7.10. The number of nitrogens with one attached hydrogen (secondary N) is 1. The Balaban J connectivity index is 1.90. The van der Waals surface area contributed by atoms with Crippen molar-refractivity contribution in [2.45, 2.75) is 13.3 Å². The molecule has 4 heteroatoms. The van der Waals surface area contributed by atoms with Crippen molar-refractivity contribution in [2.24, 2.45) is 0 Å². The minimum Gasteiger partial charge on any atom is -0.399 e. The van der Waals surface area contributed by atoms with Crippen LogP contribution in [0.3, 0.4) is 0 Å². The maximum absolute atomic E-state index is 5.72. The third-order valence-corrected chi connectivity index (χ3v) is 4.25. The molecule has 2 rings (SSSR count). The molecule has 0 aliphatic rings. The van der Waals surface area contributed by atoms with Gasteiger partial charge in [0, 0.05) is 22.8 Å². The van der Waals surface area contributed by atoms with Gasteiger partial charge in [0.05, 0.1) is 3.79 Å². The highest BCUT2D eigenvalue weighted by molar-refractivity contribution is 9.11. The molecular weight excluding hydrogens is 296 g/mol. The number of halogens is 1. The molecule has 1 heterocycles. The molecule has 1 aromatic carbocycles. The summed E-state index contributed by atoms with van der Waals surface area (Å²) in [6.07, 6.45) is 1.04. The van der Waals surface area contributed by atoms with Gasteiger partial charge in [0.2, 0.25) is 0 Å². The lowest BCUT2D eigenvalue weighted by molar-refractivity contribution is 1.04. The first-order valence-electron chi connectivity index (χ1n) is 5.49. The number of nitrogen functional groups attached to an aromatic ring is 1. The average molecular weight is 311 g/mol. The summed E-state index contributed by atoms with van der Waals surface area (Å²) in [4.78, 5) is 1.39. The van der Waals surface area contributed by atoms with Gasteiger partial charge in [-0.25, -0.2) is 0 Å². The second-order valence-electron chi connectivity index (χ2n) is 3.96. The van der Waals surface area contributed by atoms with Gasteiger partial charge >= 0.3 is 0 Å². The van der Waals surface area contributed by atoms with Crippen LogP contribution in [0.4, 0.5) is 11.4 Å². The summed E-state index contributed by atoms with van der Waals surface area (Å²) in [5.74, 6) is 0. The Labute approximate surface area is 114 Å². The maximum Gasteiger partial charge on any atom is 0.0701 e. The molecule has 1 aromatic heterocycles. The van der Waals surface area contributed by atoms with Crippen molar-refractivity contribution in [3.05, 3.63) is 44.6 Å². The van der Waals surface area contributed by atoms with Crippen molar-refractivity contribution in [1.82, 2.24) is 0 Å². The fourth-order valence-corrected chi connectivity index (χ4v) is 3.17. The van der Waals surface area contributed by atoms with Gasteiger partial charge in [-0.3, -0.25) is 0 Å². The molecule has 2 nitrogen and oxygen atoms in total. The zero-order chi connectivity index (χ0) is 12.3. The van der Waals surface area contributed by atoms with Crippen LogP contribution in [0, 0.1) is 6.92 Å². The molecule has 0 amide bonds. The van der Waals surface area contributed by atoms with Crippen LogP contribution in [0.15, 0.2) is 34.1 Å². The average Bonchev–Trinajstić information content (AvgIpc) is 2.68. The van der Waals surface area contributed by atoms with Gasteiger partial charge in [-0.15, -0.1) is 11.3 Å². The number of rotatable bonds is 4. The van der Waals surface area contributed by atoms with Crippen LogP contribution < -0.4 is 11.1 Å². The molecule has 90 valence electrons. The van der Waals surface area contributed by atoms with E-state index >= 15 is 0 Å². The van der Waals surface area contributed by atoms with E-state index in [1.807, 2.05) is 18.2 Å². The first kappa shape index (κ1) is 12.5. The van der Waals surface area contributed by atoms with Gasteiger partial charge in [-0.1, -0.05) is 0 Å². The van der Waals surface area contributed by atoms with E-state index in [-0.39, 0.29) is 0 Å². The third kappa shape index (κ3) is 3.48. The van der Waals surface area contributed by atoms with Crippen LogP contribution in [0.2, 0.25) is 0 Å². The van der Waals surface area contributed by atoms with E-state index in [1.165, 1.54) is 14.2 Å². The second kappa shape index (κ2) is 5.56. The number of thiophene rings is 1. The van der Waals surface area contributed by atoms with Crippen molar-refractivity contribution < 1.29 is 0 Å². The Morgan fingerprint density at radius 1 is 1.29 bits per heavy atom. The van der Waals surface area contributed by atoms with Gasteiger partial charge < -0.3 is 11.1 Å². The smallest absolute Gasteiger partial charge is 0.0701 e. The van der Waals surface area contributed by atoms with Crippen LogP contribution in [-0.4, -0.2) is 6.54 Å². The van der Waals surface area contributed by atoms with Crippen LogP contribution in [0.25, 0.3) is 0 Å². The number of aryl methyl sites for hydroxylation is 1. The number of anilines is 2. The molecule has 0 spiro atoms. The Bertz CT molecular complexity index is 508. The number of hydrogen-bond donors (Lipinski definition) is 2. The lowest BCUT2D eigenvalue weighted by Crippen LogP contribution is -2.05. The van der Waals surface area contributed by atoms with Gasteiger partial charge in [-0.05, 0) is 65.2 Å².